The topological polar surface area (TPSA) is 446 Å². The van der Waals surface area contributed by atoms with Crippen LogP contribution in [0.5, 0.6) is 0 Å². The number of rotatable bonds is 16. The Morgan fingerprint density at radius 3 is 1.92 bits per heavy atom. The first-order chi connectivity index (χ1) is 27.9. The van der Waals surface area contributed by atoms with Gasteiger partial charge in [-0.1, -0.05) is 0 Å². The molecule has 15 N–H and O–H groups in total. The highest BCUT2D eigenvalue weighted by Gasteiger charge is 2.61. The Morgan fingerprint density at radius 2 is 1.37 bits per heavy atom. The summed E-state index contributed by atoms with van der Waals surface area (Å²) in [7, 11) is -5.32. The van der Waals surface area contributed by atoms with Gasteiger partial charge in [0.25, 0.3) is 5.79 Å². The molecule has 0 aliphatic carbocycles. The van der Waals surface area contributed by atoms with E-state index in [1.807, 2.05) is 0 Å². The maximum atomic E-state index is 13.0. The van der Waals surface area contributed by atoms with Crippen LogP contribution in [0, 0.1) is 0 Å². The molecule has 0 saturated carbocycles. The molecule has 4 aliphatic rings. The van der Waals surface area contributed by atoms with Gasteiger partial charge in [-0.25, -0.2) is 8.98 Å². The van der Waals surface area contributed by atoms with Gasteiger partial charge in [-0.05, 0) is 6.92 Å². The number of carbonyl (C=O) groups is 3. The highest BCUT2D eigenvalue weighted by molar-refractivity contribution is 7.80. The van der Waals surface area contributed by atoms with E-state index < -0.39 is 183 Å². The summed E-state index contributed by atoms with van der Waals surface area (Å²) in [5.74, 6) is -7.05. The maximum Gasteiger partial charge on any atom is 0.397 e. The number of hydrogen-bond acceptors (Lipinski definition) is 24. The largest absolute Gasteiger partial charge is 0.477 e. The van der Waals surface area contributed by atoms with Gasteiger partial charge >= 0.3 is 16.4 Å². The van der Waals surface area contributed by atoms with Crippen molar-refractivity contribution in [3.8, 4) is 0 Å². The van der Waals surface area contributed by atoms with Gasteiger partial charge in [0.15, 0.2) is 18.9 Å². The quantitative estimate of drug-likeness (QED) is 0.0640. The van der Waals surface area contributed by atoms with Crippen LogP contribution in [-0.4, -0.2) is 240 Å². The molecule has 2 amide bonds. The molecule has 4 aliphatic heterocycles. The summed E-state index contributed by atoms with van der Waals surface area (Å²) in [6.45, 7) is -0.278. The van der Waals surface area contributed by atoms with Gasteiger partial charge in [0.1, 0.15) is 85.4 Å². The zero-order chi connectivity index (χ0) is 45.2. The van der Waals surface area contributed by atoms with E-state index in [0.29, 0.717) is 0 Å². The van der Waals surface area contributed by atoms with Gasteiger partial charge in [0.2, 0.25) is 11.8 Å². The number of carboxylic acid groups (broad SMARTS) is 1. The molecule has 4 rings (SSSR count). The van der Waals surface area contributed by atoms with E-state index in [9.17, 15) is 88.6 Å². The molecule has 0 radical (unpaired) electrons. The van der Waals surface area contributed by atoms with Crippen molar-refractivity contribution in [3.63, 3.8) is 0 Å². The normalized spacial score (nSPS) is 43.7. The summed E-state index contributed by atoms with van der Waals surface area (Å²) in [6.07, 6.45) is -37.6. The maximum absolute atomic E-state index is 13.0. The van der Waals surface area contributed by atoms with Crippen molar-refractivity contribution >= 4 is 28.2 Å². The fourth-order valence-electron chi connectivity index (χ4n) is 7.13. The fourth-order valence-corrected chi connectivity index (χ4v) is 7.44. The Morgan fingerprint density at radius 1 is 0.783 bits per heavy atom. The monoisotopic (exact) mass is 900 g/mol. The number of ether oxygens (including phenoxy) is 7. The molecule has 21 atom stereocenters. The van der Waals surface area contributed by atoms with Crippen molar-refractivity contribution < 1.29 is 126 Å². The molecule has 28 nitrogen and oxygen atoms in total. The minimum atomic E-state index is -5.32. The van der Waals surface area contributed by atoms with Gasteiger partial charge in [0, 0.05) is 20.3 Å². The first-order valence-electron chi connectivity index (χ1n) is 18.2. The van der Waals surface area contributed by atoms with Crippen LogP contribution in [-0.2, 0) is 62.1 Å². The number of aliphatic hydroxyl groups is 11. The molecule has 4 fully saturated rings. The number of carbonyl (C=O) groups excluding carboxylic acids is 2. The summed E-state index contributed by atoms with van der Waals surface area (Å²) in [4.78, 5) is 37.2. The van der Waals surface area contributed by atoms with E-state index >= 15 is 0 Å². The Balaban J connectivity index is 1.77. The van der Waals surface area contributed by atoms with E-state index in [-0.39, 0.29) is 0 Å². The standard InChI is InChI=1S/C31H52N2O26S/c1-8-17(40)20(43)21(44)28(53-8)57-25-16(33-10(3)37)27(46)54-13(6-35)23(25)56-29-22(45)26(19(42)14(55-29)7-52-60(49,50)51)59-31(30(47)48)4-11(38)15(32-9(2)36)24(58-31)18(41)12(39)5-34/h8,11-29,34-35,38-46H,4-7H2,1-3H3,(H,32,36)(H,33,37)(H,47,48)(H,49,50,51)/t8-,11-,12+,13+,14+,15+,16+,17+,18+,19-,20+,21-,22+,23+,24+,25+,26-,27+,28-,29-,31-/m0/s1. The summed E-state index contributed by atoms with van der Waals surface area (Å²) in [5, 5.41) is 132. The molecule has 0 unspecified atom stereocenters. The van der Waals surface area contributed by atoms with E-state index in [4.69, 9.17) is 33.2 Å². The first kappa shape index (κ1) is 50.2. The summed E-state index contributed by atoms with van der Waals surface area (Å²) < 4.78 is 76.2. The average Bonchev–Trinajstić information content (AvgIpc) is 3.16. The van der Waals surface area contributed by atoms with Crippen molar-refractivity contribution in [2.45, 2.75) is 155 Å². The van der Waals surface area contributed by atoms with E-state index in [2.05, 4.69) is 14.8 Å². The first-order valence-corrected chi connectivity index (χ1v) is 19.6. The van der Waals surface area contributed by atoms with Gasteiger partial charge < -0.3 is 105 Å². The van der Waals surface area contributed by atoms with Gasteiger partial charge in [-0.2, -0.15) is 8.42 Å². The number of aliphatic carboxylic acids is 1. The Kier molecular flexibility index (Phi) is 17.1. The van der Waals surface area contributed by atoms with Crippen molar-refractivity contribution in [2.75, 3.05) is 19.8 Å². The fraction of sp³-hybridized carbons (Fsp3) is 0.903. The van der Waals surface area contributed by atoms with Crippen LogP contribution >= 0.6 is 0 Å². The molecular formula is C31H52N2O26S. The lowest BCUT2D eigenvalue weighted by Crippen LogP contribution is -2.71. The number of aliphatic hydroxyl groups excluding tert-OH is 11. The van der Waals surface area contributed by atoms with Gasteiger partial charge in [0.05, 0.1) is 38.1 Å². The van der Waals surface area contributed by atoms with Crippen LogP contribution in [0.3, 0.4) is 0 Å². The third kappa shape index (κ3) is 11.4. The molecule has 4 heterocycles. The van der Waals surface area contributed by atoms with Crippen molar-refractivity contribution in [3.05, 3.63) is 0 Å². The predicted molar refractivity (Wildman–Crippen MR) is 183 cm³/mol. The third-order valence-corrected chi connectivity index (χ3v) is 10.6. The number of amides is 2. The van der Waals surface area contributed by atoms with Crippen LogP contribution in [0.4, 0.5) is 0 Å². The Bertz CT molecular complexity index is 1580. The zero-order valence-corrected chi connectivity index (χ0v) is 32.7. The van der Waals surface area contributed by atoms with Crippen LogP contribution in [0.2, 0.25) is 0 Å². The predicted octanol–water partition coefficient (Wildman–Crippen LogP) is -9.40. The third-order valence-electron chi connectivity index (χ3n) is 10.1. The highest BCUT2D eigenvalue weighted by atomic mass is 32.3. The van der Waals surface area contributed by atoms with E-state index in [0.717, 1.165) is 13.8 Å². The second-order valence-electron chi connectivity index (χ2n) is 14.6. The number of nitrogens with one attached hydrogen (secondary N) is 2. The van der Waals surface area contributed by atoms with E-state index in [1.165, 1.54) is 6.92 Å². The highest BCUT2D eigenvalue weighted by Crippen LogP contribution is 2.39. The van der Waals surface area contributed by atoms with Crippen molar-refractivity contribution in [1.29, 1.82) is 0 Å². The molecule has 0 spiro atoms. The molecule has 0 aromatic rings. The Labute approximate surface area is 340 Å². The van der Waals surface area contributed by atoms with Crippen LogP contribution in [0.25, 0.3) is 0 Å². The minimum absolute atomic E-state index is 0.830. The smallest absolute Gasteiger partial charge is 0.397 e. The molecule has 29 heteroatoms. The molecule has 0 aromatic heterocycles. The second-order valence-corrected chi connectivity index (χ2v) is 15.6. The summed E-state index contributed by atoms with van der Waals surface area (Å²) in [5.41, 5.74) is 0. The number of hydrogen-bond donors (Lipinski definition) is 15. The molecule has 60 heavy (non-hydrogen) atoms. The average molecular weight is 901 g/mol. The lowest BCUT2D eigenvalue weighted by molar-refractivity contribution is -0.389. The summed E-state index contributed by atoms with van der Waals surface area (Å²) >= 11 is 0. The SMILES string of the molecule is CC(=O)N[C@@H]1[C@@H](O[C@@H]2O[C@@H](C)[C@@H](O)[C@@H](O)[C@@H]2O)[C@H](O[C@@H]2O[C@H](COS(=O)(=O)O)[C@H](O)[C@H](O[C@]3(C(=O)O)C[C@H](O)[C@@H](NC(C)=O)[C@H]([C@H](O)[C@H](O)CO)O3)[C@H]2O)[C@@H](CO)O[C@H]1O. The molecule has 0 aromatic carbocycles. The van der Waals surface area contributed by atoms with Gasteiger partial charge in [-0.3, -0.25) is 14.1 Å². The van der Waals surface area contributed by atoms with Crippen LogP contribution in [0.15, 0.2) is 0 Å². The van der Waals surface area contributed by atoms with Crippen molar-refractivity contribution in [2.24, 2.45) is 0 Å². The second kappa shape index (κ2) is 20.4. The molecule has 348 valence electrons. The zero-order valence-electron chi connectivity index (χ0n) is 31.9. The lowest BCUT2D eigenvalue weighted by atomic mass is 9.88. The molecular weight excluding hydrogens is 848 g/mol. The van der Waals surface area contributed by atoms with Crippen LogP contribution < -0.4 is 10.6 Å². The molecule has 0 bridgehead atoms. The number of carboxylic acids is 1. The van der Waals surface area contributed by atoms with E-state index in [1.54, 1.807) is 0 Å². The minimum Gasteiger partial charge on any atom is -0.477 e. The molecule has 4 saturated heterocycles. The van der Waals surface area contributed by atoms with Crippen LogP contribution in [0.1, 0.15) is 27.2 Å². The summed E-state index contributed by atoms with van der Waals surface area (Å²) in [6, 6.07) is -3.40. The van der Waals surface area contributed by atoms with Gasteiger partial charge in [-0.15, -0.1) is 0 Å². The Hall–Kier alpha value is -2.44. The van der Waals surface area contributed by atoms with Crippen molar-refractivity contribution in [1.82, 2.24) is 10.6 Å². The lowest BCUT2D eigenvalue weighted by Gasteiger charge is -2.51.